The Morgan fingerprint density at radius 1 is 1.26 bits per heavy atom. The van der Waals surface area contributed by atoms with Crippen molar-refractivity contribution in [3.63, 3.8) is 0 Å². The minimum absolute atomic E-state index is 0.135. The molecule has 1 atom stereocenters. The monoisotopic (exact) mass is 366 g/mol. The molecule has 0 aliphatic carbocycles. The SMILES string of the molecule is Cc1cc(C(C#N)c2ccc(Cl)cc2)c(Cl)cc1NC(=O)CCl. The molecule has 0 saturated heterocycles. The number of aryl methyl sites for hydroxylation is 1. The predicted molar refractivity (Wildman–Crippen MR) is 94.4 cm³/mol. The first-order chi connectivity index (χ1) is 11.0. The van der Waals surface area contributed by atoms with Crippen LogP contribution in [-0.4, -0.2) is 11.8 Å². The summed E-state index contributed by atoms with van der Waals surface area (Å²) in [5, 5.41) is 13.2. The third-order valence-electron chi connectivity index (χ3n) is 3.38. The number of nitriles is 1. The van der Waals surface area contributed by atoms with Gasteiger partial charge in [0.1, 0.15) is 5.88 Å². The first-order valence-corrected chi connectivity index (χ1v) is 8.06. The van der Waals surface area contributed by atoms with E-state index >= 15 is 0 Å². The molecule has 1 N–H and O–H groups in total. The quantitative estimate of drug-likeness (QED) is 0.761. The highest BCUT2D eigenvalue weighted by molar-refractivity contribution is 6.32. The van der Waals surface area contributed by atoms with Crippen LogP contribution in [0.25, 0.3) is 0 Å². The fraction of sp³-hybridized carbons (Fsp3) is 0.176. The molecule has 23 heavy (non-hydrogen) atoms. The molecule has 6 heteroatoms. The first-order valence-electron chi connectivity index (χ1n) is 6.77. The molecule has 0 radical (unpaired) electrons. The summed E-state index contributed by atoms with van der Waals surface area (Å²) in [5.74, 6) is -0.964. The van der Waals surface area contributed by atoms with Gasteiger partial charge in [-0.2, -0.15) is 5.26 Å². The van der Waals surface area contributed by atoms with E-state index in [0.717, 1.165) is 11.1 Å². The van der Waals surface area contributed by atoms with Gasteiger partial charge in [0.05, 0.1) is 12.0 Å². The van der Waals surface area contributed by atoms with Gasteiger partial charge in [-0.05, 0) is 41.8 Å². The molecule has 0 bridgehead atoms. The lowest BCUT2D eigenvalue weighted by Crippen LogP contribution is -2.14. The number of hydrogen-bond donors (Lipinski definition) is 1. The fourth-order valence-corrected chi connectivity index (χ4v) is 2.69. The number of alkyl halides is 1. The number of anilines is 1. The van der Waals surface area contributed by atoms with Gasteiger partial charge in [0, 0.05) is 15.7 Å². The Labute approximate surface area is 149 Å². The zero-order valence-electron chi connectivity index (χ0n) is 12.2. The van der Waals surface area contributed by atoms with Crippen molar-refractivity contribution < 1.29 is 4.79 Å². The van der Waals surface area contributed by atoms with Crippen molar-refractivity contribution in [1.29, 1.82) is 5.26 Å². The lowest BCUT2D eigenvalue weighted by molar-refractivity contribution is -0.113. The number of amides is 1. The normalized spacial score (nSPS) is 11.6. The molecule has 2 rings (SSSR count). The Hall–Kier alpha value is -1.73. The Bertz CT molecular complexity index is 767. The zero-order valence-corrected chi connectivity index (χ0v) is 14.5. The van der Waals surface area contributed by atoms with Gasteiger partial charge >= 0.3 is 0 Å². The Kier molecular flexibility index (Phi) is 5.90. The van der Waals surface area contributed by atoms with Gasteiger partial charge in [-0.25, -0.2) is 0 Å². The van der Waals surface area contributed by atoms with E-state index in [1.807, 2.05) is 6.92 Å². The average molecular weight is 368 g/mol. The molecule has 1 amide bonds. The number of nitrogens with one attached hydrogen (secondary N) is 1. The van der Waals surface area contributed by atoms with Crippen LogP contribution in [0.3, 0.4) is 0 Å². The van der Waals surface area contributed by atoms with Crippen molar-refractivity contribution in [2.45, 2.75) is 12.8 Å². The van der Waals surface area contributed by atoms with Gasteiger partial charge in [0.15, 0.2) is 0 Å². The predicted octanol–water partition coefficient (Wildman–Crippen LogP) is 5.13. The highest BCUT2D eigenvalue weighted by Gasteiger charge is 2.18. The number of carbonyl (C=O) groups is 1. The van der Waals surface area contributed by atoms with Crippen LogP contribution in [0.5, 0.6) is 0 Å². The lowest BCUT2D eigenvalue weighted by atomic mass is 9.91. The molecule has 0 aliphatic heterocycles. The Balaban J connectivity index is 2.42. The molecule has 0 saturated carbocycles. The van der Waals surface area contributed by atoms with Crippen LogP contribution < -0.4 is 5.32 Å². The highest BCUT2D eigenvalue weighted by atomic mass is 35.5. The van der Waals surface area contributed by atoms with Gasteiger partial charge < -0.3 is 5.32 Å². The summed E-state index contributed by atoms with van der Waals surface area (Å²) < 4.78 is 0. The summed E-state index contributed by atoms with van der Waals surface area (Å²) in [6, 6.07) is 12.8. The molecule has 0 fully saturated rings. The number of hydrogen-bond acceptors (Lipinski definition) is 2. The molecule has 2 aromatic carbocycles. The maximum Gasteiger partial charge on any atom is 0.239 e. The van der Waals surface area contributed by atoms with E-state index in [9.17, 15) is 10.1 Å². The van der Waals surface area contributed by atoms with Crippen molar-refractivity contribution in [2.24, 2.45) is 0 Å². The number of carbonyl (C=O) groups excluding carboxylic acids is 1. The van der Waals surface area contributed by atoms with Crippen molar-refractivity contribution >= 4 is 46.4 Å². The zero-order chi connectivity index (χ0) is 17.0. The number of rotatable bonds is 4. The average Bonchev–Trinajstić information content (AvgIpc) is 2.54. The van der Waals surface area contributed by atoms with E-state index in [2.05, 4.69) is 11.4 Å². The van der Waals surface area contributed by atoms with Crippen LogP contribution in [0.1, 0.15) is 22.6 Å². The van der Waals surface area contributed by atoms with Crippen LogP contribution in [-0.2, 0) is 4.79 Å². The summed E-state index contributed by atoms with van der Waals surface area (Å²) in [4.78, 5) is 11.4. The summed E-state index contributed by atoms with van der Waals surface area (Å²) in [5.41, 5.74) is 2.86. The molecule has 0 aliphatic rings. The summed E-state index contributed by atoms with van der Waals surface area (Å²) in [7, 11) is 0. The molecule has 2 aromatic rings. The topological polar surface area (TPSA) is 52.9 Å². The number of halogens is 3. The highest BCUT2D eigenvalue weighted by Crippen LogP contribution is 2.34. The second-order valence-corrected chi connectivity index (χ2v) is 6.10. The van der Waals surface area contributed by atoms with Crippen molar-refractivity contribution in [2.75, 3.05) is 11.2 Å². The van der Waals surface area contributed by atoms with Gasteiger partial charge in [0.2, 0.25) is 5.91 Å². The largest absolute Gasteiger partial charge is 0.325 e. The molecule has 0 aromatic heterocycles. The van der Waals surface area contributed by atoms with Crippen molar-refractivity contribution in [3.8, 4) is 6.07 Å². The van der Waals surface area contributed by atoms with E-state index < -0.39 is 5.92 Å². The van der Waals surface area contributed by atoms with E-state index in [1.54, 1.807) is 36.4 Å². The maximum absolute atomic E-state index is 11.4. The molecule has 1 unspecified atom stereocenters. The lowest BCUT2D eigenvalue weighted by Gasteiger charge is -2.16. The first kappa shape index (κ1) is 17.6. The fourth-order valence-electron chi connectivity index (χ4n) is 2.22. The standard InChI is InChI=1S/C17H13Cl3N2O/c1-10-6-13(15(20)7-16(10)22-17(23)8-18)14(9-21)11-2-4-12(19)5-3-11/h2-7,14H,8H2,1H3,(H,22,23). The Morgan fingerprint density at radius 3 is 2.48 bits per heavy atom. The van der Waals surface area contributed by atoms with Crippen LogP contribution >= 0.6 is 34.8 Å². The molecule has 0 heterocycles. The molecule has 118 valence electrons. The van der Waals surface area contributed by atoms with E-state index in [0.29, 0.717) is 21.3 Å². The third-order valence-corrected chi connectivity index (χ3v) is 4.20. The smallest absolute Gasteiger partial charge is 0.239 e. The van der Waals surface area contributed by atoms with Crippen LogP contribution in [0.4, 0.5) is 5.69 Å². The van der Waals surface area contributed by atoms with E-state index in [1.165, 1.54) is 0 Å². The molecule has 3 nitrogen and oxygen atoms in total. The summed E-state index contributed by atoms with van der Waals surface area (Å²) >= 11 is 17.7. The minimum atomic E-state index is -0.517. The maximum atomic E-state index is 11.4. The second-order valence-electron chi connectivity index (χ2n) is 4.98. The summed E-state index contributed by atoms with van der Waals surface area (Å²) in [6.07, 6.45) is 0. The van der Waals surface area contributed by atoms with Crippen LogP contribution in [0.2, 0.25) is 10.0 Å². The van der Waals surface area contributed by atoms with Gasteiger partial charge in [0.25, 0.3) is 0 Å². The van der Waals surface area contributed by atoms with E-state index in [4.69, 9.17) is 34.8 Å². The van der Waals surface area contributed by atoms with Gasteiger partial charge in [-0.1, -0.05) is 41.4 Å². The Morgan fingerprint density at radius 2 is 1.91 bits per heavy atom. The summed E-state index contributed by atoms with van der Waals surface area (Å²) in [6.45, 7) is 1.83. The van der Waals surface area contributed by atoms with Gasteiger partial charge in [-0.15, -0.1) is 11.6 Å². The minimum Gasteiger partial charge on any atom is -0.325 e. The molecular formula is C17H13Cl3N2O. The van der Waals surface area contributed by atoms with Crippen molar-refractivity contribution in [3.05, 3.63) is 63.1 Å². The van der Waals surface area contributed by atoms with Gasteiger partial charge in [-0.3, -0.25) is 4.79 Å². The second kappa shape index (κ2) is 7.70. The van der Waals surface area contributed by atoms with Crippen LogP contribution in [0, 0.1) is 18.3 Å². The molecule has 0 spiro atoms. The van der Waals surface area contributed by atoms with Crippen molar-refractivity contribution in [1.82, 2.24) is 0 Å². The molecular weight excluding hydrogens is 355 g/mol. The third kappa shape index (κ3) is 4.17. The number of nitrogens with zero attached hydrogens (tertiary/aromatic N) is 1. The number of benzene rings is 2. The van der Waals surface area contributed by atoms with E-state index in [-0.39, 0.29) is 11.8 Å². The van der Waals surface area contributed by atoms with Crippen LogP contribution in [0.15, 0.2) is 36.4 Å².